The number of sulfonamides is 1. The van der Waals surface area contributed by atoms with Crippen LogP contribution in [0.5, 0.6) is 5.75 Å². The largest absolute Gasteiger partial charge is 0.495 e. The van der Waals surface area contributed by atoms with Crippen LogP contribution < -0.4 is 19.9 Å². The van der Waals surface area contributed by atoms with Gasteiger partial charge in [0.05, 0.1) is 23.4 Å². The molecule has 3 aromatic rings. The van der Waals surface area contributed by atoms with Crippen molar-refractivity contribution < 1.29 is 22.3 Å². The molecule has 2 saturated heterocycles. The molecular weight excluding hydrogens is 519 g/mol. The molecule has 0 unspecified atom stereocenters. The predicted octanol–water partition coefficient (Wildman–Crippen LogP) is 4.20. The lowest BCUT2D eigenvalue weighted by Gasteiger charge is -2.36. The van der Waals surface area contributed by atoms with Gasteiger partial charge in [0.1, 0.15) is 11.6 Å². The first-order chi connectivity index (χ1) is 18.9. The topological polar surface area (TPSA) is 82.2 Å². The van der Waals surface area contributed by atoms with Crippen molar-refractivity contribution in [2.24, 2.45) is 5.92 Å². The number of amides is 1. The minimum atomic E-state index is -3.66. The van der Waals surface area contributed by atoms with Crippen LogP contribution in [0.25, 0.3) is 0 Å². The summed E-state index contributed by atoms with van der Waals surface area (Å²) in [4.78, 5) is 17.2. The molecule has 8 nitrogen and oxygen atoms in total. The number of ether oxygens (including phenoxy) is 1. The summed E-state index contributed by atoms with van der Waals surface area (Å²) in [6.45, 7) is 3.04. The number of benzene rings is 3. The molecule has 0 aliphatic carbocycles. The van der Waals surface area contributed by atoms with E-state index in [1.165, 1.54) is 10.4 Å². The van der Waals surface area contributed by atoms with E-state index in [1.54, 1.807) is 43.5 Å². The average molecular weight is 553 g/mol. The van der Waals surface area contributed by atoms with Crippen molar-refractivity contribution in [3.63, 3.8) is 0 Å². The molecular formula is C29H33FN4O4S. The van der Waals surface area contributed by atoms with Gasteiger partial charge in [0.15, 0.2) is 0 Å². The zero-order valence-corrected chi connectivity index (χ0v) is 22.7. The van der Waals surface area contributed by atoms with E-state index in [0.29, 0.717) is 63.5 Å². The van der Waals surface area contributed by atoms with Gasteiger partial charge < -0.3 is 19.9 Å². The van der Waals surface area contributed by atoms with E-state index in [9.17, 15) is 17.6 Å². The Morgan fingerprint density at radius 2 is 1.41 bits per heavy atom. The summed E-state index contributed by atoms with van der Waals surface area (Å²) in [6, 6.07) is 20.7. The lowest BCUT2D eigenvalue weighted by atomic mass is 9.95. The number of para-hydroxylation sites is 3. The van der Waals surface area contributed by atoms with Crippen molar-refractivity contribution in [1.29, 1.82) is 0 Å². The van der Waals surface area contributed by atoms with Gasteiger partial charge in [-0.05, 0) is 61.4 Å². The fourth-order valence-electron chi connectivity index (χ4n) is 5.25. The zero-order valence-electron chi connectivity index (χ0n) is 21.9. The average Bonchev–Trinajstić information content (AvgIpc) is 2.98. The van der Waals surface area contributed by atoms with Gasteiger partial charge in [-0.3, -0.25) is 4.79 Å². The van der Waals surface area contributed by atoms with Crippen LogP contribution >= 0.6 is 0 Å². The third kappa shape index (κ3) is 5.86. The summed E-state index contributed by atoms with van der Waals surface area (Å²) in [6.07, 6.45) is 1.24. The number of piperazine rings is 1. The first-order valence-corrected chi connectivity index (χ1v) is 14.6. The van der Waals surface area contributed by atoms with Crippen molar-refractivity contribution in [2.45, 2.75) is 17.7 Å². The van der Waals surface area contributed by atoms with Crippen LogP contribution in [0.15, 0.2) is 77.7 Å². The minimum Gasteiger partial charge on any atom is -0.495 e. The molecule has 206 valence electrons. The normalized spacial score (nSPS) is 17.2. The standard InChI is InChI=1S/C29H33FN4O4S/c1-38-28-9-5-4-8-27(28)33-18-20-34(21-19-33)39(36,37)24-12-10-23(11-13-24)31-29(35)22-14-16-32(17-15-22)26-7-3-2-6-25(26)30/h2-13,22H,14-21H2,1H3,(H,31,35). The van der Waals surface area contributed by atoms with E-state index in [0.717, 1.165) is 11.4 Å². The van der Waals surface area contributed by atoms with Crippen molar-refractivity contribution in [3.05, 3.63) is 78.6 Å². The predicted molar refractivity (Wildman–Crippen MR) is 150 cm³/mol. The number of carbonyl (C=O) groups is 1. The molecule has 0 saturated carbocycles. The fraction of sp³-hybridized carbons (Fsp3) is 0.345. The summed E-state index contributed by atoms with van der Waals surface area (Å²) >= 11 is 0. The van der Waals surface area contributed by atoms with Crippen LogP contribution in [-0.4, -0.2) is 65.0 Å². The highest BCUT2D eigenvalue weighted by molar-refractivity contribution is 7.89. The molecule has 2 fully saturated rings. The minimum absolute atomic E-state index is 0.105. The van der Waals surface area contributed by atoms with Gasteiger partial charge in [-0.2, -0.15) is 4.31 Å². The highest BCUT2D eigenvalue weighted by Crippen LogP contribution is 2.30. The Kier molecular flexibility index (Phi) is 8.04. The number of rotatable bonds is 7. The molecule has 2 aliphatic heterocycles. The summed E-state index contributed by atoms with van der Waals surface area (Å²) in [5, 5.41) is 2.91. The SMILES string of the molecule is COc1ccccc1N1CCN(S(=O)(=O)c2ccc(NC(=O)C3CCN(c4ccccc4F)CC3)cc2)CC1. The van der Waals surface area contributed by atoms with Crippen LogP contribution in [0.4, 0.5) is 21.5 Å². The quantitative estimate of drug-likeness (QED) is 0.473. The molecule has 0 radical (unpaired) electrons. The number of nitrogens with zero attached hydrogens (tertiary/aromatic N) is 3. The van der Waals surface area contributed by atoms with Crippen LogP contribution in [0, 0.1) is 11.7 Å². The van der Waals surface area contributed by atoms with E-state index in [-0.39, 0.29) is 22.5 Å². The van der Waals surface area contributed by atoms with Crippen molar-refractivity contribution in [3.8, 4) is 5.75 Å². The number of nitrogens with one attached hydrogen (secondary N) is 1. The first kappa shape index (κ1) is 27.0. The molecule has 0 spiro atoms. The Labute approximate surface area is 229 Å². The summed E-state index contributed by atoms with van der Waals surface area (Å²) in [5.41, 5.74) is 2.07. The maximum atomic E-state index is 14.1. The lowest BCUT2D eigenvalue weighted by Crippen LogP contribution is -2.48. The Bertz CT molecular complexity index is 1400. The van der Waals surface area contributed by atoms with E-state index >= 15 is 0 Å². The van der Waals surface area contributed by atoms with Gasteiger partial charge in [-0.25, -0.2) is 12.8 Å². The van der Waals surface area contributed by atoms with Gasteiger partial charge in [0.2, 0.25) is 15.9 Å². The Balaban J connectivity index is 1.15. The maximum Gasteiger partial charge on any atom is 0.243 e. The van der Waals surface area contributed by atoms with Gasteiger partial charge >= 0.3 is 0 Å². The number of carbonyl (C=O) groups excluding carboxylic acids is 1. The number of halogens is 1. The van der Waals surface area contributed by atoms with E-state index in [2.05, 4.69) is 10.2 Å². The third-order valence-electron chi connectivity index (χ3n) is 7.48. The molecule has 1 amide bonds. The molecule has 2 aliphatic rings. The number of anilines is 3. The molecule has 0 bridgehead atoms. The molecule has 0 aromatic heterocycles. The van der Waals surface area contributed by atoms with Crippen molar-refractivity contribution >= 4 is 33.0 Å². The van der Waals surface area contributed by atoms with Gasteiger partial charge in [0.25, 0.3) is 0 Å². The highest BCUT2D eigenvalue weighted by Gasteiger charge is 2.30. The second-order valence-electron chi connectivity index (χ2n) is 9.79. The van der Waals surface area contributed by atoms with E-state index in [4.69, 9.17) is 4.74 Å². The molecule has 3 aromatic carbocycles. The smallest absolute Gasteiger partial charge is 0.243 e. The summed E-state index contributed by atoms with van der Waals surface area (Å²) in [5.74, 6) is 0.220. The number of piperidine rings is 1. The van der Waals surface area contributed by atoms with Crippen molar-refractivity contribution in [2.75, 3.05) is 61.5 Å². The van der Waals surface area contributed by atoms with Crippen LogP contribution in [0.1, 0.15) is 12.8 Å². The van der Waals surface area contributed by atoms with Gasteiger partial charge in [-0.15, -0.1) is 0 Å². The molecule has 2 heterocycles. The van der Waals surface area contributed by atoms with Gasteiger partial charge in [0, 0.05) is 50.9 Å². The molecule has 5 rings (SSSR count). The molecule has 1 N–H and O–H groups in total. The number of methoxy groups -OCH3 is 1. The second kappa shape index (κ2) is 11.6. The Morgan fingerprint density at radius 1 is 0.821 bits per heavy atom. The van der Waals surface area contributed by atoms with E-state index in [1.807, 2.05) is 35.2 Å². The fourth-order valence-corrected chi connectivity index (χ4v) is 6.68. The third-order valence-corrected chi connectivity index (χ3v) is 9.40. The Hall–Kier alpha value is -3.63. The monoisotopic (exact) mass is 552 g/mol. The first-order valence-electron chi connectivity index (χ1n) is 13.2. The van der Waals surface area contributed by atoms with Crippen molar-refractivity contribution in [1.82, 2.24) is 4.31 Å². The van der Waals surface area contributed by atoms with Crippen LogP contribution in [-0.2, 0) is 14.8 Å². The highest BCUT2D eigenvalue weighted by atomic mass is 32.2. The van der Waals surface area contributed by atoms with Crippen LogP contribution in [0.2, 0.25) is 0 Å². The molecule has 39 heavy (non-hydrogen) atoms. The molecule has 10 heteroatoms. The number of hydrogen-bond donors (Lipinski definition) is 1. The number of hydrogen-bond acceptors (Lipinski definition) is 6. The second-order valence-corrected chi connectivity index (χ2v) is 11.7. The maximum absolute atomic E-state index is 14.1. The zero-order chi connectivity index (χ0) is 27.4. The lowest BCUT2D eigenvalue weighted by molar-refractivity contribution is -0.120. The Morgan fingerprint density at radius 3 is 2.05 bits per heavy atom. The van der Waals surface area contributed by atoms with Gasteiger partial charge in [-0.1, -0.05) is 24.3 Å². The summed E-state index contributed by atoms with van der Waals surface area (Å²) < 4.78 is 47.6. The van der Waals surface area contributed by atoms with E-state index < -0.39 is 10.0 Å². The summed E-state index contributed by atoms with van der Waals surface area (Å²) in [7, 11) is -2.03. The van der Waals surface area contributed by atoms with Crippen LogP contribution in [0.3, 0.4) is 0 Å². The molecule has 0 atom stereocenters.